The molecule has 3 N–H and O–H groups in total. The first-order valence-corrected chi connectivity index (χ1v) is 10.6. The van der Waals surface area contributed by atoms with Gasteiger partial charge in [-0.2, -0.15) is 0 Å². The second kappa shape index (κ2) is 8.11. The van der Waals surface area contributed by atoms with Gasteiger partial charge in [0, 0.05) is 51.9 Å². The Morgan fingerprint density at radius 3 is 2.50 bits per heavy atom. The number of carbonyl (C=O) groups is 1. The molecule has 0 aliphatic heterocycles. The molecule has 0 aliphatic carbocycles. The summed E-state index contributed by atoms with van der Waals surface area (Å²) in [5.74, 6) is -0.961. The summed E-state index contributed by atoms with van der Waals surface area (Å²) in [6.45, 7) is 7.82. The Balaban J connectivity index is 2.01. The zero-order valence-electron chi connectivity index (χ0n) is 18.6. The van der Waals surface area contributed by atoms with Crippen LogP contribution in [0.1, 0.15) is 52.6 Å². The predicted octanol–water partition coefficient (Wildman–Crippen LogP) is 5.02. The molecule has 0 aliphatic rings. The van der Waals surface area contributed by atoms with Gasteiger partial charge in [0.2, 0.25) is 5.91 Å². The van der Waals surface area contributed by atoms with Crippen LogP contribution in [0.25, 0.3) is 22.0 Å². The van der Waals surface area contributed by atoms with Gasteiger partial charge in [0.05, 0.1) is 0 Å². The Hall–Kier alpha value is -3.67. The maximum Gasteiger partial charge on any atom is 0.251 e. The number of hydrogen-bond acceptors (Lipinski definition) is 2. The van der Waals surface area contributed by atoms with Crippen LogP contribution in [-0.4, -0.2) is 15.5 Å². The van der Waals surface area contributed by atoms with Gasteiger partial charge in [-0.3, -0.25) is 9.59 Å². The molecular weight excluding hydrogens is 405 g/mol. The number of H-pyrrole nitrogens is 1. The highest BCUT2D eigenvalue weighted by atomic mass is 19.1. The zero-order chi connectivity index (χ0) is 23.2. The third kappa shape index (κ3) is 3.73. The highest BCUT2D eigenvalue weighted by Gasteiger charge is 2.21. The van der Waals surface area contributed by atoms with Crippen molar-refractivity contribution in [3.05, 3.63) is 92.8 Å². The Labute approximate surface area is 185 Å². The number of primary amides is 1. The van der Waals surface area contributed by atoms with Gasteiger partial charge in [0.25, 0.3) is 5.56 Å². The summed E-state index contributed by atoms with van der Waals surface area (Å²) < 4.78 is 16.6. The van der Waals surface area contributed by atoms with Crippen LogP contribution in [0.15, 0.2) is 53.5 Å². The van der Waals surface area contributed by atoms with Crippen molar-refractivity contribution in [2.75, 3.05) is 0 Å². The van der Waals surface area contributed by atoms with Crippen LogP contribution in [0.5, 0.6) is 0 Å². The smallest absolute Gasteiger partial charge is 0.251 e. The van der Waals surface area contributed by atoms with Gasteiger partial charge in [-0.05, 0) is 68.7 Å². The van der Waals surface area contributed by atoms with Crippen LogP contribution in [0.2, 0.25) is 0 Å². The first kappa shape index (κ1) is 21.6. The second-order valence-corrected chi connectivity index (χ2v) is 8.54. The van der Waals surface area contributed by atoms with E-state index in [9.17, 15) is 14.0 Å². The molecule has 0 bridgehead atoms. The molecule has 0 radical (unpaired) electrons. The van der Waals surface area contributed by atoms with Crippen molar-refractivity contribution in [2.45, 2.75) is 40.2 Å². The summed E-state index contributed by atoms with van der Waals surface area (Å²) in [6, 6.07) is 12.0. The molecule has 1 amide bonds. The number of aromatic amines is 1. The van der Waals surface area contributed by atoms with E-state index in [1.165, 1.54) is 6.07 Å². The van der Waals surface area contributed by atoms with Gasteiger partial charge in [0.1, 0.15) is 5.82 Å². The van der Waals surface area contributed by atoms with Crippen molar-refractivity contribution in [3.8, 4) is 11.1 Å². The number of rotatable bonds is 5. The Morgan fingerprint density at radius 1 is 1.16 bits per heavy atom. The fourth-order valence-corrected chi connectivity index (χ4v) is 4.37. The first-order chi connectivity index (χ1) is 15.2. The summed E-state index contributed by atoms with van der Waals surface area (Å²) in [5, 5.41) is 0.700. The largest absolute Gasteiger partial charge is 0.366 e. The minimum atomic E-state index is -0.592. The molecule has 0 atom stereocenters. The molecule has 5 nitrogen and oxygen atoms in total. The second-order valence-electron chi connectivity index (χ2n) is 8.54. The summed E-state index contributed by atoms with van der Waals surface area (Å²) in [4.78, 5) is 28.0. The van der Waals surface area contributed by atoms with Crippen molar-refractivity contribution in [1.29, 1.82) is 0 Å². The van der Waals surface area contributed by atoms with Crippen LogP contribution in [0.4, 0.5) is 4.39 Å². The number of nitrogens with two attached hydrogens (primary N) is 1. The Bertz CT molecular complexity index is 1410. The topological polar surface area (TPSA) is 80.9 Å². The number of benzene rings is 2. The van der Waals surface area contributed by atoms with Gasteiger partial charge in [0.15, 0.2) is 0 Å². The number of aryl methyl sites for hydroxylation is 2. The summed E-state index contributed by atoms with van der Waals surface area (Å²) >= 11 is 0. The molecule has 32 heavy (non-hydrogen) atoms. The van der Waals surface area contributed by atoms with E-state index in [1.54, 1.807) is 24.3 Å². The molecule has 6 heteroatoms. The van der Waals surface area contributed by atoms with Gasteiger partial charge in [-0.15, -0.1) is 0 Å². The normalized spacial score (nSPS) is 11.4. The van der Waals surface area contributed by atoms with E-state index in [4.69, 9.17) is 5.73 Å². The highest BCUT2D eigenvalue weighted by Crippen LogP contribution is 2.34. The van der Waals surface area contributed by atoms with E-state index >= 15 is 0 Å². The molecule has 0 saturated heterocycles. The van der Waals surface area contributed by atoms with Crippen molar-refractivity contribution in [1.82, 2.24) is 9.55 Å². The number of halogens is 1. The lowest BCUT2D eigenvalue weighted by molar-refractivity contribution is 0.100. The van der Waals surface area contributed by atoms with Crippen LogP contribution < -0.4 is 11.3 Å². The average molecular weight is 432 g/mol. The van der Waals surface area contributed by atoms with E-state index in [1.807, 2.05) is 50.6 Å². The number of aromatic nitrogens is 2. The Morgan fingerprint density at radius 2 is 1.88 bits per heavy atom. The number of hydrogen-bond donors (Lipinski definition) is 2. The van der Waals surface area contributed by atoms with Crippen LogP contribution in [0.3, 0.4) is 0 Å². The minimum absolute atomic E-state index is 0.0836. The number of fused-ring (bicyclic) bond motifs is 1. The standard InChI is InChI=1S/C26H26FN3O2/c1-14(2)30-13-18(11-20-15(3)9-16(4)29-26(20)32)24-21(25(28)31)10-17(12-23(24)30)19-7-5-6-8-22(19)27/h5-10,12-14H,11H2,1-4H3,(H2,28,31)(H,29,32). The molecular formula is C26H26FN3O2. The molecule has 2 aromatic carbocycles. The summed E-state index contributed by atoms with van der Waals surface area (Å²) in [6.07, 6.45) is 2.32. The molecule has 0 saturated carbocycles. The zero-order valence-corrected chi connectivity index (χ0v) is 18.6. The van der Waals surface area contributed by atoms with Gasteiger partial charge >= 0.3 is 0 Å². The Kier molecular flexibility index (Phi) is 5.46. The van der Waals surface area contributed by atoms with E-state index < -0.39 is 5.91 Å². The number of amides is 1. The van der Waals surface area contributed by atoms with Crippen molar-refractivity contribution >= 4 is 16.8 Å². The van der Waals surface area contributed by atoms with Gasteiger partial charge in [-0.1, -0.05) is 18.2 Å². The fourth-order valence-electron chi connectivity index (χ4n) is 4.37. The van der Waals surface area contributed by atoms with Crippen LogP contribution in [-0.2, 0) is 6.42 Å². The predicted molar refractivity (Wildman–Crippen MR) is 126 cm³/mol. The molecule has 164 valence electrons. The molecule has 0 spiro atoms. The van der Waals surface area contributed by atoms with E-state index in [-0.39, 0.29) is 17.4 Å². The van der Waals surface area contributed by atoms with Gasteiger partial charge < -0.3 is 15.3 Å². The third-order valence-electron chi connectivity index (χ3n) is 5.88. The molecule has 0 fully saturated rings. The first-order valence-electron chi connectivity index (χ1n) is 10.6. The maximum absolute atomic E-state index is 14.5. The van der Waals surface area contributed by atoms with E-state index in [2.05, 4.69) is 4.98 Å². The van der Waals surface area contributed by atoms with Crippen molar-refractivity contribution in [2.24, 2.45) is 5.73 Å². The van der Waals surface area contributed by atoms with E-state index in [0.717, 1.165) is 22.3 Å². The molecule has 0 unspecified atom stereocenters. The minimum Gasteiger partial charge on any atom is -0.366 e. The summed E-state index contributed by atoms with van der Waals surface area (Å²) in [5.41, 5.74) is 10.9. The molecule has 2 aromatic heterocycles. The third-order valence-corrected chi connectivity index (χ3v) is 5.88. The quantitative estimate of drug-likeness (QED) is 0.465. The molecule has 4 aromatic rings. The van der Waals surface area contributed by atoms with Crippen molar-refractivity contribution < 1.29 is 9.18 Å². The number of pyridine rings is 1. The SMILES string of the molecule is Cc1cc(C)c(Cc2cn(C(C)C)c3cc(-c4ccccc4F)cc(C(N)=O)c23)c(=O)[nH]1. The van der Waals surface area contributed by atoms with Crippen LogP contribution in [0, 0.1) is 19.7 Å². The monoisotopic (exact) mass is 431 g/mol. The lowest BCUT2D eigenvalue weighted by Crippen LogP contribution is -2.16. The summed E-state index contributed by atoms with van der Waals surface area (Å²) in [7, 11) is 0. The maximum atomic E-state index is 14.5. The lowest BCUT2D eigenvalue weighted by atomic mass is 9.95. The lowest BCUT2D eigenvalue weighted by Gasteiger charge is -2.12. The average Bonchev–Trinajstić information content (AvgIpc) is 3.09. The highest BCUT2D eigenvalue weighted by molar-refractivity contribution is 6.09. The molecule has 2 heterocycles. The number of nitrogens with one attached hydrogen (secondary N) is 1. The van der Waals surface area contributed by atoms with Crippen molar-refractivity contribution in [3.63, 3.8) is 0 Å². The van der Waals surface area contributed by atoms with E-state index in [0.29, 0.717) is 34.1 Å². The van der Waals surface area contributed by atoms with Gasteiger partial charge in [-0.25, -0.2) is 4.39 Å². The fraction of sp³-hybridized carbons (Fsp3) is 0.231. The van der Waals surface area contributed by atoms with Crippen LogP contribution >= 0.6 is 0 Å². The molecule has 4 rings (SSSR count). The number of nitrogens with zero attached hydrogens (tertiary/aromatic N) is 1. The number of carbonyl (C=O) groups excluding carboxylic acids is 1.